The van der Waals surface area contributed by atoms with Crippen LogP contribution in [-0.4, -0.2) is 57.3 Å². The summed E-state index contributed by atoms with van der Waals surface area (Å²) in [5, 5.41) is 11.7. The molecule has 0 bridgehead atoms. The highest BCUT2D eigenvalue weighted by Gasteiger charge is 2.21. The number of rotatable bonds is 4. The number of nitrogens with one attached hydrogen (secondary N) is 1. The van der Waals surface area contributed by atoms with Crippen molar-refractivity contribution in [2.24, 2.45) is 0 Å². The summed E-state index contributed by atoms with van der Waals surface area (Å²) in [6.07, 6.45) is 2.89. The van der Waals surface area contributed by atoms with Gasteiger partial charge in [0.15, 0.2) is 0 Å². The molecule has 9 heteroatoms. The molecule has 166 valence electrons. The van der Waals surface area contributed by atoms with Crippen molar-refractivity contribution in [1.29, 1.82) is 5.26 Å². The van der Waals surface area contributed by atoms with Gasteiger partial charge in [0.05, 0.1) is 11.4 Å². The Kier molecular flexibility index (Phi) is 7.66. The number of carbonyl (C=O) groups excluding carboxylic acids is 1. The van der Waals surface area contributed by atoms with E-state index >= 15 is 0 Å². The summed E-state index contributed by atoms with van der Waals surface area (Å²) in [5.74, 6) is 0.0981. The van der Waals surface area contributed by atoms with Gasteiger partial charge in [-0.15, -0.1) is 12.4 Å². The van der Waals surface area contributed by atoms with Gasteiger partial charge in [0.25, 0.3) is 5.95 Å². The second-order valence-corrected chi connectivity index (χ2v) is 7.78. The summed E-state index contributed by atoms with van der Waals surface area (Å²) in [6.45, 7) is 6.01. The van der Waals surface area contributed by atoms with Gasteiger partial charge in [0.2, 0.25) is 5.76 Å². The molecule has 2 fully saturated rings. The number of likely N-dealkylation sites (N-methyl/N-ethyl adjacent to an activating group) is 1. The zero-order valence-corrected chi connectivity index (χ0v) is 18.5. The van der Waals surface area contributed by atoms with Crippen molar-refractivity contribution < 1.29 is 13.9 Å². The van der Waals surface area contributed by atoms with Crippen LogP contribution >= 0.6 is 12.4 Å². The predicted octanol–water partition coefficient (Wildman–Crippen LogP) is 3.93. The first-order valence-electron chi connectivity index (χ1n) is 10.4. The molecule has 8 nitrogen and oxygen atoms in total. The number of piperazine rings is 1. The molecule has 1 aromatic carbocycles. The number of halogens is 1. The normalized spacial score (nSPS) is 16.9. The van der Waals surface area contributed by atoms with Crippen molar-refractivity contribution in [2.45, 2.75) is 19.3 Å². The first-order valence-corrected chi connectivity index (χ1v) is 10.4. The Morgan fingerprint density at radius 1 is 1.03 bits per heavy atom. The summed E-state index contributed by atoms with van der Waals surface area (Å²) >= 11 is 0. The molecule has 31 heavy (non-hydrogen) atoms. The minimum atomic E-state index is -0.639. The molecule has 0 radical (unpaired) electrons. The van der Waals surface area contributed by atoms with Crippen LogP contribution in [0.25, 0.3) is 0 Å². The molecule has 0 atom stereocenters. The highest BCUT2D eigenvalue weighted by molar-refractivity contribution is 5.91. The lowest BCUT2D eigenvalue weighted by Gasteiger charge is -2.36. The maximum Gasteiger partial charge on any atom is 0.419 e. The van der Waals surface area contributed by atoms with E-state index in [2.05, 4.69) is 39.2 Å². The molecular weight excluding hydrogens is 418 g/mol. The van der Waals surface area contributed by atoms with E-state index < -0.39 is 6.09 Å². The molecule has 1 amide bonds. The summed E-state index contributed by atoms with van der Waals surface area (Å²) in [7, 11) is 2.15. The fourth-order valence-corrected chi connectivity index (χ4v) is 3.95. The lowest BCUT2D eigenvalue weighted by Crippen LogP contribution is -2.44. The monoisotopic (exact) mass is 445 g/mol. The lowest BCUT2D eigenvalue weighted by molar-refractivity contribution is 0.202. The molecule has 2 aliphatic rings. The number of piperidine rings is 1. The summed E-state index contributed by atoms with van der Waals surface area (Å²) in [6, 6.07) is 11.0. The van der Waals surface area contributed by atoms with Crippen molar-refractivity contribution in [1.82, 2.24) is 4.90 Å². The van der Waals surface area contributed by atoms with E-state index in [1.807, 2.05) is 12.1 Å². The molecule has 2 saturated heterocycles. The molecule has 0 saturated carbocycles. The van der Waals surface area contributed by atoms with Gasteiger partial charge < -0.3 is 23.9 Å². The van der Waals surface area contributed by atoms with Gasteiger partial charge in [-0.1, -0.05) is 0 Å². The maximum absolute atomic E-state index is 12.4. The summed E-state index contributed by atoms with van der Waals surface area (Å²) in [4.78, 5) is 19.5. The average molecular weight is 446 g/mol. The fourth-order valence-electron chi connectivity index (χ4n) is 3.95. The molecule has 2 aliphatic heterocycles. The van der Waals surface area contributed by atoms with Crippen molar-refractivity contribution in [3.63, 3.8) is 0 Å². The van der Waals surface area contributed by atoms with E-state index in [0.717, 1.165) is 57.8 Å². The Morgan fingerprint density at radius 3 is 2.45 bits per heavy atom. The van der Waals surface area contributed by atoms with Gasteiger partial charge in [-0.05, 0) is 50.6 Å². The number of nitriles is 1. The zero-order valence-electron chi connectivity index (χ0n) is 17.7. The third-order valence-corrected chi connectivity index (χ3v) is 5.67. The Balaban J connectivity index is 0.00000272. The third kappa shape index (κ3) is 5.63. The highest BCUT2D eigenvalue weighted by atomic mass is 35.5. The highest BCUT2D eigenvalue weighted by Crippen LogP contribution is 2.33. The quantitative estimate of drug-likeness (QED) is 0.763. The number of ether oxygens (including phenoxy) is 1. The number of hydrogen-bond donors (Lipinski definition) is 1. The van der Waals surface area contributed by atoms with Gasteiger partial charge in [-0.3, -0.25) is 5.32 Å². The SMILES string of the molecule is CN1CCN(c2ccc(NC(=O)Oc3ccc(C#N)o3)c(N3CCCCC3)c2)CC1.Cl. The predicted molar refractivity (Wildman–Crippen MR) is 123 cm³/mol. The fraction of sp³-hybridized carbons (Fsp3) is 0.455. The van der Waals surface area contributed by atoms with Gasteiger partial charge in [0.1, 0.15) is 6.07 Å². The van der Waals surface area contributed by atoms with Crippen molar-refractivity contribution in [3.05, 3.63) is 36.1 Å². The Labute approximate surface area is 188 Å². The van der Waals surface area contributed by atoms with E-state index in [-0.39, 0.29) is 24.1 Å². The van der Waals surface area contributed by atoms with Crippen LogP contribution in [0.5, 0.6) is 5.95 Å². The van der Waals surface area contributed by atoms with Crippen LogP contribution < -0.4 is 19.9 Å². The van der Waals surface area contributed by atoms with Gasteiger partial charge in [-0.2, -0.15) is 5.26 Å². The lowest BCUT2D eigenvalue weighted by atomic mass is 10.1. The second kappa shape index (κ2) is 10.4. The molecule has 0 unspecified atom stereocenters. The van der Waals surface area contributed by atoms with Crippen molar-refractivity contribution in [2.75, 3.05) is 61.4 Å². The number of amides is 1. The van der Waals surface area contributed by atoms with Crippen LogP contribution in [0, 0.1) is 11.3 Å². The molecule has 1 aromatic heterocycles. The minimum Gasteiger partial charge on any atom is -0.414 e. The van der Waals surface area contributed by atoms with E-state index in [0.29, 0.717) is 5.69 Å². The molecule has 4 rings (SSSR count). The van der Waals surface area contributed by atoms with E-state index in [1.165, 1.54) is 24.2 Å². The molecule has 0 spiro atoms. The van der Waals surface area contributed by atoms with Gasteiger partial charge in [0, 0.05) is 51.0 Å². The molecule has 1 N–H and O–H groups in total. The second-order valence-electron chi connectivity index (χ2n) is 7.78. The number of nitrogens with zero attached hydrogens (tertiary/aromatic N) is 4. The molecule has 2 aromatic rings. The Morgan fingerprint density at radius 2 is 1.77 bits per heavy atom. The van der Waals surface area contributed by atoms with Crippen molar-refractivity contribution in [3.8, 4) is 12.0 Å². The largest absolute Gasteiger partial charge is 0.419 e. The van der Waals surface area contributed by atoms with Crippen LogP contribution in [0.2, 0.25) is 0 Å². The topological polar surface area (TPSA) is 85.0 Å². The minimum absolute atomic E-state index is 0. The van der Waals surface area contributed by atoms with E-state index in [1.54, 1.807) is 0 Å². The third-order valence-electron chi connectivity index (χ3n) is 5.67. The molecule has 0 aliphatic carbocycles. The molecular formula is C22H28ClN5O3. The number of anilines is 3. The van der Waals surface area contributed by atoms with Crippen LogP contribution in [0.15, 0.2) is 34.7 Å². The van der Waals surface area contributed by atoms with E-state index in [9.17, 15) is 4.79 Å². The number of hydrogen-bond acceptors (Lipinski definition) is 7. The first kappa shape index (κ1) is 22.8. The number of carbonyl (C=O) groups is 1. The number of furan rings is 1. The smallest absolute Gasteiger partial charge is 0.414 e. The zero-order chi connectivity index (χ0) is 20.9. The van der Waals surface area contributed by atoms with Crippen LogP contribution in [0.1, 0.15) is 25.0 Å². The Hall–Kier alpha value is -2.89. The van der Waals surface area contributed by atoms with E-state index in [4.69, 9.17) is 14.4 Å². The average Bonchev–Trinajstić information content (AvgIpc) is 3.22. The van der Waals surface area contributed by atoms with Gasteiger partial charge in [-0.25, -0.2) is 4.79 Å². The van der Waals surface area contributed by atoms with Crippen LogP contribution in [-0.2, 0) is 0 Å². The van der Waals surface area contributed by atoms with Crippen molar-refractivity contribution >= 4 is 35.6 Å². The first-order chi connectivity index (χ1) is 14.6. The van der Waals surface area contributed by atoms with Gasteiger partial charge >= 0.3 is 6.09 Å². The van der Waals surface area contributed by atoms with Crippen LogP contribution in [0.3, 0.4) is 0 Å². The molecule has 3 heterocycles. The number of benzene rings is 1. The van der Waals surface area contributed by atoms with Crippen LogP contribution in [0.4, 0.5) is 21.9 Å². The summed E-state index contributed by atoms with van der Waals surface area (Å²) < 4.78 is 10.3. The maximum atomic E-state index is 12.4. The standard InChI is InChI=1S/C22H27N5O3.ClH/c1-25-11-13-26(14-12-25)17-5-7-19(20(15-17)27-9-3-2-4-10-27)24-22(28)30-21-8-6-18(16-23)29-21;/h5-8,15H,2-4,9-14H2,1H3,(H,24,28);1H. The Bertz CT molecular complexity index is 927. The summed E-state index contributed by atoms with van der Waals surface area (Å²) in [5.41, 5.74) is 2.90.